The fourth-order valence-electron chi connectivity index (χ4n) is 3.26. The Morgan fingerprint density at radius 1 is 1.25 bits per heavy atom. The highest BCUT2D eigenvalue weighted by atomic mass is 15.1. The van der Waals surface area contributed by atoms with Gasteiger partial charge in [0.1, 0.15) is 0 Å². The number of nitrogens with zero attached hydrogens (tertiary/aromatic N) is 1. The van der Waals surface area contributed by atoms with E-state index in [-0.39, 0.29) is 0 Å². The lowest BCUT2D eigenvalue weighted by Crippen LogP contribution is -2.32. The van der Waals surface area contributed by atoms with Crippen LogP contribution in [0.3, 0.4) is 0 Å². The summed E-state index contributed by atoms with van der Waals surface area (Å²) in [6.45, 7) is 11.4. The first-order valence-corrected chi connectivity index (χ1v) is 7.19. The van der Waals surface area contributed by atoms with Crippen LogP contribution in [0.1, 0.15) is 39.5 Å². The zero-order valence-electron chi connectivity index (χ0n) is 11.0. The standard InChI is InChI=1S/C14H28N2/c1-12-5-9-16(11-12)10-6-13(2)14-3-7-15-8-4-14/h12-15H,3-11H2,1-2H3. The number of hydrogen-bond acceptors (Lipinski definition) is 2. The van der Waals surface area contributed by atoms with E-state index in [4.69, 9.17) is 0 Å². The molecule has 0 amide bonds. The van der Waals surface area contributed by atoms with Crippen LogP contribution >= 0.6 is 0 Å². The van der Waals surface area contributed by atoms with Gasteiger partial charge in [0.15, 0.2) is 0 Å². The summed E-state index contributed by atoms with van der Waals surface area (Å²) in [6, 6.07) is 0. The van der Waals surface area contributed by atoms with Gasteiger partial charge in [-0.25, -0.2) is 0 Å². The van der Waals surface area contributed by atoms with E-state index in [0.29, 0.717) is 0 Å². The number of hydrogen-bond donors (Lipinski definition) is 1. The fraction of sp³-hybridized carbons (Fsp3) is 1.00. The van der Waals surface area contributed by atoms with Crippen molar-refractivity contribution in [3.8, 4) is 0 Å². The van der Waals surface area contributed by atoms with Crippen molar-refractivity contribution in [1.29, 1.82) is 0 Å². The highest BCUT2D eigenvalue weighted by Gasteiger charge is 2.22. The molecule has 0 aromatic carbocycles. The second kappa shape index (κ2) is 6.02. The molecule has 2 heterocycles. The predicted octanol–water partition coefficient (Wildman–Crippen LogP) is 2.35. The van der Waals surface area contributed by atoms with Gasteiger partial charge in [0.25, 0.3) is 0 Å². The molecule has 1 N–H and O–H groups in total. The average Bonchev–Trinajstić information content (AvgIpc) is 2.73. The summed E-state index contributed by atoms with van der Waals surface area (Å²) in [5, 5.41) is 3.46. The fourth-order valence-corrected chi connectivity index (χ4v) is 3.26. The second-order valence-electron chi connectivity index (χ2n) is 6.05. The van der Waals surface area contributed by atoms with E-state index in [9.17, 15) is 0 Å². The smallest absolute Gasteiger partial charge is 0.000750 e. The summed E-state index contributed by atoms with van der Waals surface area (Å²) in [5.41, 5.74) is 0. The molecule has 2 rings (SSSR count). The molecule has 0 aromatic rings. The molecule has 2 heteroatoms. The molecule has 2 aliphatic rings. The molecule has 2 saturated heterocycles. The van der Waals surface area contributed by atoms with Crippen molar-refractivity contribution in [2.24, 2.45) is 17.8 Å². The maximum Gasteiger partial charge on any atom is 0.000750 e. The van der Waals surface area contributed by atoms with Gasteiger partial charge in [0, 0.05) is 6.54 Å². The predicted molar refractivity (Wildman–Crippen MR) is 69.6 cm³/mol. The Balaban J connectivity index is 1.64. The average molecular weight is 224 g/mol. The molecule has 2 fully saturated rings. The van der Waals surface area contributed by atoms with Gasteiger partial charge >= 0.3 is 0 Å². The lowest BCUT2D eigenvalue weighted by molar-refractivity contribution is 0.227. The molecule has 0 bridgehead atoms. The van der Waals surface area contributed by atoms with Gasteiger partial charge in [-0.1, -0.05) is 13.8 Å². The minimum absolute atomic E-state index is 0.929. The topological polar surface area (TPSA) is 15.3 Å². The van der Waals surface area contributed by atoms with Gasteiger partial charge in [-0.2, -0.15) is 0 Å². The first kappa shape index (κ1) is 12.4. The van der Waals surface area contributed by atoms with E-state index in [1.54, 1.807) is 0 Å². The number of nitrogens with one attached hydrogen (secondary N) is 1. The molecule has 0 aromatic heterocycles. The minimum Gasteiger partial charge on any atom is -0.317 e. The van der Waals surface area contributed by atoms with Crippen molar-refractivity contribution in [2.75, 3.05) is 32.7 Å². The van der Waals surface area contributed by atoms with Crippen LogP contribution in [-0.4, -0.2) is 37.6 Å². The molecule has 2 aliphatic heterocycles. The highest BCUT2D eigenvalue weighted by molar-refractivity contribution is 4.77. The third-order valence-electron chi connectivity index (χ3n) is 4.60. The third-order valence-corrected chi connectivity index (χ3v) is 4.60. The summed E-state index contributed by atoms with van der Waals surface area (Å²) < 4.78 is 0. The monoisotopic (exact) mass is 224 g/mol. The van der Waals surface area contributed by atoms with Crippen molar-refractivity contribution < 1.29 is 0 Å². The minimum atomic E-state index is 0.929. The Morgan fingerprint density at radius 3 is 2.62 bits per heavy atom. The zero-order valence-corrected chi connectivity index (χ0v) is 11.0. The Morgan fingerprint density at radius 2 is 2.00 bits per heavy atom. The van der Waals surface area contributed by atoms with E-state index in [2.05, 4.69) is 24.1 Å². The molecule has 0 aliphatic carbocycles. The van der Waals surface area contributed by atoms with Crippen molar-refractivity contribution in [3.05, 3.63) is 0 Å². The van der Waals surface area contributed by atoms with Gasteiger partial charge in [-0.15, -0.1) is 0 Å². The van der Waals surface area contributed by atoms with Gasteiger partial charge in [-0.3, -0.25) is 0 Å². The maximum absolute atomic E-state index is 3.46. The summed E-state index contributed by atoms with van der Waals surface area (Å²) in [5.74, 6) is 2.86. The van der Waals surface area contributed by atoms with Crippen molar-refractivity contribution in [1.82, 2.24) is 10.2 Å². The molecule has 2 atom stereocenters. The van der Waals surface area contributed by atoms with E-state index < -0.39 is 0 Å². The Bertz CT molecular complexity index is 199. The van der Waals surface area contributed by atoms with Gasteiger partial charge in [-0.05, 0) is 69.6 Å². The van der Waals surface area contributed by atoms with Crippen LogP contribution in [0.4, 0.5) is 0 Å². The summed E-state index contributed by atoms with van der Waals surface area (Å²) in [4.78, 5) is 2.67. The maximum atomic E-state index is 3.46. The molecule has 0 spiro atoms. The van der Waals surface area contributed by atoms with Crippen molar-refractivity contribution >= 4 is 0 Å². The van der Waals surface area contributed by atoms with E-state index in [0.717, 1.165) is 17.8 Å². The third kappa shape index (κ3) is 3.46. The SMILES string of the molecule is CC1CCN(CCC(C)C2CCNCC2)C1. The molecule has 0 radical (unpaired) electrons. The van der Waals surface area contributed by atoms with Crippen LogP contribution in [0.15, 0.2) is 0 Å². The van der Waals surface area contributed by atoms with Crippen LogP contribution in [0.25, 0.3) is 0 Å². The highest BCUT2D eigenvalue weighted by Crippen LogP contribution is 2.25. The Kier molecular flexibility index (Phi) is 4.66. The van der Waals surface area contributed by atoms with Crippen LogP contribution in [0.2, 0.25) is 0 Å². The zero-order chi connectivity index (χ0) is 11.4. The number of rotatable bonds is 4. The molecule has 16 heavy (non-hydrogen) atoms. The Hall–Kier alpha value is -0.0800. The largest absolute Gasteiger partial charge is 0.317 e. The molecule has 94 valence electrons. The molecular weight excluding hydrogens is 196 g/mol. The Labute approximate surface area is 101 Å². The lowest BCUT2D eigenvalue weighted by atomic mass is 9.84. The number of likely N-dealkylation sites (tertiary alicyclic amines) is 1. The normalized spacial score (nSPS) is 30.8. The molecular formula is C14H28N2. The first-order chi connectivity index (χ1) is 7.75. The quantitative estimate of drug-likeness (QED) is 0.788. The number of piperidine rings is 1. The van der Waals surface area contributed by atoms with Crippen LogP contribution in [0, 0.1) is 17.8 Å². The first-order valence-electron chi connectivity index (χ1n) is 7.19. The molecule has 2 nitrogen and oxygen atoms in total. The van der Waals surface area contributed by atoms with E-state index >= 15 is 0 Å². The van der Waals surface area contributed by atoms with Crippen LogP contribution < -0.4 is 5.32 Å². The summed E-state index contributed by atoms with van der Waals surface area (Å²) in [6.07, 6.45) is 5.63. The summed E-state index contributed by atoms with van der Waals surface area (Å²) >= 11 is 0. The van der Waals surface area contributed by atoms with Gasteiger partial charge in [0.2, 0.25) is 0 Å². The second-order valence-corrected chi connectivity index (χ2v) is 6.05. The van der Waals surface area contributed by atoms with Gasteiger partial charge < -0.3 is 10.2 Å². The van der Waals surface area contributed by atoms with E-state index in [1.807, 2.05) is 0 Å². The van der Waals surface area contributed by atoms with Gasteiger partial charge in [0.05, 0.1) is 0 Å². The van der Waals surface area contributed by atoms with E-state index in [1.165, 1.54) is 58.4 Å². The lowest BCUT2D eigenvalue weighted by Gasteiger charge is -2.29. The molecule has 2 unspecified atom stereocenters. The van der Waals surface area contributed by atoms with Crippen molar-refractivity contribution in [2.45, 2.75) is 39.5 Å². The molecule has 0 saturated carbocycles. The van der Waals surface area contributed by atoms with Crippen LogP contribution in [0.5, 0.6) is 0 Å². The van der Waals surface area contributed by atoms with Crippen molar-refractivity contribution in [3.63, 3.8) is 0 Å². The summed E-state index contributed by atoms with van der Waals surface area (Å²) in [7, 11) is 0. The van der Waals surface area contributed by atoms with Crippen LogP contribution in [-0.2, 0) is 0 Å².